The number of nitrogens with one attached hydrogen (secondary N) is 1. The van der Waals surface area contributed by atoms with Gasteiger partial charge in [-0.2, -0.15) is 0 Å². The second-order valence-electron chi connectivity index (χ2n) is 5.27. The standard InChI is InChI=1S/C17H16N2O4/c1-2-7-23-15-9-18-11(8-14(15)20)10-19-13-6-4-3-5-12(13)16(21)17(19)22/h3-6,8-9H,2,7,10H2,1H3,(H,18,20). The molecule has 1 amide bonds. The molecule has 0 unspecified atom stereocenters. The van der Waals surface area contributed by atoms with Crippen LogP contribution >= 0.6 is 0 Å². The van der Waals surface area contributed by atoms with Gasteiger partial charge in [0.25, 0.3) is 11.7 Å². The number of benzene rings is 1. The number of Topliss-reactive ketones (excluding diaryl/α,β-unsaturated/α-hetero) is 1. The molecule has 1 aliphatic rings. The second kappa shape index (κ2) is 6.08. The zero-order valence-corrected chi connectivity index (χ0v) is 12.7. The predicted molar refractivity (Wildman–Crippen MR) is 84.8 cm³/mol. The fourth-order valence-electron chi connectivity index (χ4n) is 2.49. The second-order valence-corrected chi connectivity index (χ2v) is 5.27. The summed E-state index contributed by atoms with van der Waals surface area (Å²) in [6, 6.07) is 8.22. The molecule has 23 heavy (non-hydrogen) atoms. The van der Waals surface area contributed by atoms with Crippen molar-refractivity contribution in [3.8, 4) is 5.75 Å². The first-order valence-corrected chi connectivity index (χ1v) is 7.41. The van der Waals surface area contributed by atoms with Gasteiger partial charge < -0.3 is 9.72 Å². The minimum atomic E-state index is -0.585. The molecule has 0 atom stereocenters. The van der Waals surface area contributed by atoms with Crippen molar-refractivity contribution >= 4 is 17.4 Å². The summed E-state index contributed by atoms with van der Waals surface area (Å²) in [6.07, 6.45) is 2.30. The average molecular weight is 312 g/mol. The first-order valence-electron chi connectivity index (χ1n) is 7.41. The molecule has 6 heteroatoms. The highest BCUT2D eigenvalue weighted by molar-refractivity contribution is 6.52. The lowest BCUT2D eigenvalue weighted by Crippen LogP contribution is -2.30. The van der Waals surface area contributed by atoms with E-state index < -0.39 is 11.7 Å². The van der Waals surface area contributed by atoms with Gasteiger partial charge in [0.1, 0.15) is 0 Å². The minimum Gasteiger partial charge on any atom is -0.488 e. The Kier molecular flexibility index (Phi) is 3.97. The van der Waals surface area contributed by atoms with Crippen LogP contribution in [0.1, 0.15) is 29.4 Å². The van der Waals surface area contributed by atoms with Crippen LogP contribution in [0.4, 0.5) is 5.69 Å². The van der Waals surface area contributed by atoms with Crippen molar-refractivity contribution in [2.45, 2.75) is 19.9 Å². The Morgan fingerprint density at radius 1 is 1.17 bits per heavy atom. The van der Waals surface area contributed by atoms with Crippen molar-refractivity contribution < 1.29 is 14.3 Å². The molecule has 2 aromatic rings. The van der Waals surface area contributed by atoms with Gasteiger partial charge in [-0.05, 0) is 18.6 Å². The summed E-state index contributed by atoms with van der Waals surface area (Å²) in [5, 5.41) is 0. The van der Waals surface area contributed by atoms with E-state index in [0.717, 1.165) is 6.42 Å². The molecular weight excluding hydrogens is 296 g/mol. The molecule has 1 N–H and O–H groups in total. The summed E-state index contributed by atoms with van der Waals surface area (Å²) in [6.45, 7) is 2.55. The summed E-state index contributed by atoms with van der Waals surface area (Å²) >= 11 is 0. The highest BCUT2D eigenvalue weighted by Gasteiger charge is 2.35. The van der Waals surface area contributed by atoms with Crippen LogP contribution in [0.15, 0.2) is 41.3 Å². The minimum absolute atomic E-state index is 0.130. The van der Waals surface area contributed by atoms with Gasteiger partial charge in [-0.3, -0.25) is 19.3 Å². The van der Waals surface area contributed by atoms with Crippen LogP contribution in [-0.4, -0.2) is 23.3 Å². The quantitative estimate of drug-likeness (QED) is 0.855. The largest absolute Gasteiger partial charge is 0.488 e. The third-order valence-corrected chi connectivity index (χ3v) is 3.61. The summed E-state index contributed by atoms with van der Waals surface area (Å²) in [5.41, 5.74) is 1.24. The van der Waals surface area contributed by atoms with Crippen molar-refractivity contribution in [2.24, 2.45) is 0 Å². The number of anilines is 1. The van der Waals surface area contributed by atoms with E-state index >= 15 is 0 Å². The zero-order valence-electron chi connectivity index (χ0n) is 12.7. The number of rotatable bonds is 5. The van der Waals surface area contributed by atoms with Gasteiger partial charge in [0.2, 0.25) is 5.43 Å². The number of ether oxygens (including phenoxy) is 1. The first-order chi connectivity index (χ1) is 11.1. The summed E-state index contributed by atoms with van der Waals surface area (Å²) < 4.78 is 5.33. The zero-order chi connectivity index (χ0) is 16.4. The molecule has 2 heterocycles. The number of para-hydroxylation sites is 1. The Labute approximate surface area is 132 Å². The molecule has 0 spiro atoms. The summed E-state index contributed by atoms with van der Waals surface area (Å²) in [7, 11) is 0. The lowest BCUT2D eigenvalue weighted by molar-refractivity contribution is -0.114. The highest BCUT2D eigenvalue weighted by Crippen LogP contribution is 2.29. The highest BCUT2D eigenvalue weighted by atomic mass is 16.5. The molecular formula is C17H16N2O4. The summed E-state index contributed by atoms with van der Waals surface area (Å²) in [4.78, 5) is 40.4. The Hall–Kier alpha value is -2.89. The third kappa shape index (κ3) is 2.75. The number of nitrogens with zero attached hydrogens (tertiary/aromatic N) is 1. The lowest BCUT2D eigenvalue weighted by atomic mass is 10.1. The number of hydrogen-bond acceptors (Lipinski definition) is 4. The lowest BCUT2D eigenvalue weighted by Gasteiger charge is -2.16. The van der Waals surface area contributed by atoms with Gasteiger partial charge in [-0.15, -0.1) is 0 Å². The summed E-state index contributed by atoms with van der Waals surface area (Å²) in [5.74, 6) is -0.857. The van der Waals surface area contributed by atoms with Crippen LogP contribution in [0.3, 0.4) is 0 Å². The van der Waals surface area contributed by atoms with Gasteiger partial charge in [-0.25, -0.2) is 0 Å². The molecule has 6 nitrogen and oxygen atoms in total. The number of aromatic nitrogens is 1. The van der Waals surface area contributed by atoms with Gasteiger partial charge >= 0.3 is 0 Å². The van der Waals surface area contributed by atoms with E-state index in [9.17, 15) is 14.4 Å². The number of aromatic amines is 1. The number of fused-ring (bicyclic) bond motifs is 1. The number of H-pyrrole nitrogens is 1. The monoisotopic (exact) mass is 312 g/mol. The van der Waals surface area contributed by atoms with Crippen LogP contribution in [0.5, 0.6) is 5.75 Å². The van der Waals surface area contributed by atoms with Crippen molar-refractivity contribution in [3.05, 3.63) is 58.0 Å². The molecule has 118 valence electrons. The van der Waals surface area contributed by atoms with E-state index in [1.165, 1.54) is 17.2 Å². The fourth-order valence-corrected chi connectivity index (χ4v) is 2.49. The Bertz CT molecular complexity index is 825. The van der Waals surface area contributed by atoms with Crippen LogP contribution in [0, 0.1) is 0 Å². The van der Waals surface area contributed by atoms with E-state index in [0.29, 0.717) is 23.6 Å². The average Bonchev–Trinajstić information content (AvgIpc) is 2.80. The smallest absolute Gasteiger partial charge is 0.299 e. The van der Waals surface area contributed by atoms with E-state index in [-0.39, 0.29) is 17.7 Å². The van der Waals surface area contributed by atoms with E-state index in [1.807, 2.05) is 6.92 Å². The Morgan fingerprint density at radius 3 is 2.70 bits per heavy atom. The Balaban J connectivity index is 1.85. The van der Waals surface area contributed by atoms with E-state index in [1.54, 1.807) is 24.3 Å². The van der Waals surface area contributed by atoms with Gasteiger partial charge in [-0.1, -0.05) is 19.1 Å². The molecule has 1 aliphatic heterocycles. The molecule has 1 aromatic heterocycles. The maximum Gasteiger partial charge on any atom is 0.299 e. The predicted octanol–water partition coefficient (Wildman–Crippen LogP) is 1.89. The first kappa shape index (κ1) is 15.0. The van der Waals surface area contributed by atoms with Crippen LogP contribution in [0.2, 0.25) is 0 Å². The maximum absolute atomic E-state index is 12.1. The SMILES string of the molecule is CCCOc1c[nH]c(CN2C(=O)C(=O)c3ccccc32)cc1=O. The molecule has 3 rings (SSSR count). The topological polar surface area (TPSA) is 79.5 Å². The van der Waals surface area contributed by atoms with Gasteiger partial charge in [0.15, 0.2) is 5.75 Å². The molecule has 0 saturated carbocycles. The van der Waals surface area contributed by atoms with Gasteiger partial charge in [0.05, 0.1) is 24.4 Å². The van der Waals surface area contributed by atoms with Crippen LogP contribution in [0.25, 0.3) is 0 Å². The molecule has 1 aromatic carbocycles. The Morgan fingerprint density at radius 2 is 1.96 bits per heavy atom. The van der Waals surface area contributed by atoms with E-state index in [4.69, 9.17) is 4.74 Å². The van der Waals surface area contributed by atoms with Crippen molar-refractivity contribution in [2.75, 3.05) is 11.5 Å². The number of carbonyl (C=O) groups excluding carboxylic acids is 2. The van der Waals surface area contributed by atoms with Crippen molar-refractivity contribution in [1.82, 2.24) is 4.98 Å². The molecule has 0 aliphatic carbocycles. The number of ketones is 1. The number of pyridine rings is 1. The number of amides is 1. The molecule has 0 fully saturated rings. The van der Waals surface area contributed by atoms with Crippen molar-refractivity contribution in [3.63, 3.8) is 0 Å². The normalized spacial score (nSPS) is 13.3. The van der Waals surface area contributed by atoms with Crippen LogP contribution in [-0.2, 0) is 11.3 Å². The molecule has 0 saturated heterocycles. The fraction of sp³-hybridized carbons (Fsp3) is 0.235. The van der Waals surface area contributed by atoms with E-state index in [2.05, 4.69) is 4.98 Å². The maximum atomic E-state index is 12.1. The number of carbonyl (C=O) groups is 2. The molecule has 0 radical (unpaired) electrons. The number of hydrogen-bond donors (Lipinski definition) is 1. The van der Waals surface area contributed by atoms with Gasteiger partial charge in [0, 0.05) is 18.0 Å². The van der Waals surface area contributed by atoms with Crippen LogP contribution < -0.4 is 15.1 Å². The third-order valence-electron chi connectivity index (χ3n) is 3.61. The molecule has 0 bridgehead atoms. The van der Waals surface area contributed by atoms with Crippen molar-refractivity contribution in [1.29, 1.82) is 0 Å².